The maximum absolute atomic E-state index is 5.18. The average Bonchev–Trinajstić information content (AvgIpc) is 2.12. The van der Waals surface area contributed by atoms with Crippen LogP contribution in [0.1, 0.15) is 25.7 Å². The van der Waals surface area contributed by atoms with Crippen molar-refractivity contribution in [2.24, 2.45) is 0 Å². The minimum atomic E-state index is 0.640. The van der Waals surface area contributed by atoms with Gasteiger partial charge in [0.2, 0.25) is 0 Å². The molecule has 2 unspecified atom stereocenters. The van der Waals surface area contributed by atoms with Crippen LogP contribution in [-0.4, -0.2) is 50.3 Å². The molecule has 0 aromatic carbocycles. The zero-order valence-electron chi connectivity index (χ0n) is 9.33. The molecule has 14 heavy (non-hydrogen) atoms. The topological polar surface area (TPSA) is 24.5 Å². The van der Waals surface area contributed by atoms with Gasteiger partial charge in [-0.2, -0.15) is 0 Å². The second-order valence-electron chi connectivity index (χ2n) is 4.88. The Morgan fingerprint density at radius 3 is 2.50 bits per heavy atom. The molecule has 0 spiro atoms. The summed E-state index contributed by atoms with van der Waals surface area (Å²) in [5.41, 5.74) is 0. The van der Waals surface area contributed by atoms with Crippen LogP contribution in [0.2, 0.25) is 0 Å². The molecule has 0 bridgehead atoms. The van der Waals surface area contributed by atoms with E-state index in [1.807, 2.05) is 0 Å². The Labute approximate surface area is 86.8 Å². The van der Waals surface area contributed by atoms with Crippen molar-refractivity contribution in [1.29, 1.82) is 0 Å². The molecule has 2 rings (SSSR count). The van der Waals surface area contributed by atoms with E-state index >= 15 is 0 Å². The Morgan fingerprint density at radius 1 is 1.14 bits per heavy atom. The van der Waals surface area contributed by atoms with E-state index in [0.717, 1.165) is 25.3 Å². The quantitative estimate of drug-likeness (QED) is 0.727. The fraction of sp³-hybridized carbons (Fsp3) is 1.00. The van der Waals surface area contributed by atoms with Crippen LogP contribution in [-0.2, 0) is 4.74 Å². The molecule has 0 amide bonds. The molecule has 2 atom stereocenters. The Hall–Kier alpha value is -0.120. The first-order chi connectivity index (χ1) is 6.75. The summed E-state index contributed by atoms with van der Waals surface area (Å²) in [7, 11) is 4.39. The van der Waals surface area contributed by atoms with Crippen LogP contribution < -0.4 is 5.32 Å². The summed E-state index contributed by atoms with van der Waals surface area (Å²) in [5, 5.41) is 3.69. The highest BCUT2D eigenvalue weighted by Gasteiger charge is 2.27. The Kier molecular flexibility index (Phi) is 3.42. The van der Waals surface area contributed by atoms with E-state index < -0.39 is 0 Å². The molecule has 1 heterocycles. The zero-order chi connectivity index (χ0) is 9.97. The van der Waals surface area contributed by atoms with Gasteiger partial charge >= 0.3 is 0 Å². The molecular formula is C11H22N2O. The highest BCUT2D eigenvalue weighted by molar-refractivity contribution is 4.86. The van der Waals surface area contributed by atoms with Gasteiger partial charge in [-0.15, -0.1) is 0 Å². The third kappa shape index (κ3) is 2.47. The molecular weight excluding hydrogens is 176 g/mol. The van der Waals surface area contributed by atoms with Gasteiger partial charge < -0.3 is 15.0 Å². The predicted octanol–water partition coefficient (Wildman–Crippen LogP) is 0.848. The van der Waals surface area contributed by atoms with Crippen LogP contribution >= 0.6 is 0 Å². The van der Waals surface area contributed by atoms with Crippen molar-refractivity contribution in [3.05, 3.63) is 0 Å². The lowest BCUT2D eigenvalue weighted by atomic mass is 9.90. The maximum Gasteiger partial charge on any atom is 0.0643 e. The molecule has 2 aliphatic rings. The van der Waals surface area contributed by atoms with Gasteiger partial charge in [0.15, 0.2) is 0 Å². The monoisotopic (exact) mass is 198 g/mol. The number of nitrogens with one attached hydrogen (secondary N) is 1. The third-order valence-corrected chi connectivity index (χ3v) is 3.49. The van der Waals surface area contributed by atoms with Gasteiger partial charge in [0.25, 0.3) is 0 Å². The molecule has 0 radical (unpaired) electrons. The van der Waals surface area contributed by atoms with E-state index in [1.165, 1.54) is 25.7 Å². The van der Waals surface area contributed by atoms with E-state index in [4.69, 9.17) is 4.74 Å². The first-order valence-corrected chi connectivity index (χ1v) is 5.76. The molecule has 3 heteroatoms. The van der Waals surface area contributed by atoms with Crippen LogP contribution in [0.5, 0.6) is 0 Å². The lowest BCUT2D eigenvalue weighted by molar-refractivity contribution is -0.0137. The van der Waals surface area contributed by atoms with E-state index in [-0.39, 0.29) is 0 Å². The molecule has 1 N–H and O–H groups in total. The van der Waals surface area contributed by atoms with Gasteiger partial charge in [-0.05, 0) is 33.4 Å². The summed E-state index contributed by atoms with van der Waals surface area (Å²) >= 11 is 0. The second-order valence-corrected chi connectivity index (χ2v) is 4.88. The summed E-state index contributed by atoms with van der Waals surface area (Å²) in [6.07, 6.45) is 5.39. The molecule has 0 aromatic heterocycles. The van der Waals surface area contributed by atoms with Crippen molar-refractivity contribution in [2.75, 3.05) is 27.3 Å². The molecule has 82 valence electrons. The smallest absolute Gasteiger partial charge is 0.0643 e. The van der Waals surface area contributed by atoms with Crippen molar-refractivity contribution in [3.63, 3.8) is 0 Å². The largest absolute Gasteiger partial charge is 0.378 e. The first-order valence-electron chi connectivity index (χ1n) is 5.76. The van der Waals surface area contributed by atoms with E-state index in [2.05, 4.69) is 24.3 Å². The summed E-state index contributed by atoms with van der Waals surface area (Å²) in [6.45, 7) is 1.84. The Balaban J connectivity index is 1.75. The average molecular weight is 198 g/mol. The van der Waals surface area contributed by atoms with Crippen LogP contribution in [0.4, 0.5) is 0 Å². The minimum absolute atomic E-state index is 0.640. The predicted molar refractivity (Wildman–Crippen MR) is 57.5 cm³/mol. The number of hydrogen-bond acceptors (Lipinski definition) is 3. The maximum atomic E-state index is 5.18. The van der Waals surface area contributed by atoms with Gasteiger partial charge in [0.05, 0.1) is 19.3 Å². The zero-order valence-corrected chi connectivity index (χ0v) is 9.33. The van der Waals surface area contributed by atoms with Crippen molar-refractivity contribution in [3.8, 4) is 0 Å². The van der Waals surface area contributed by atoms with E-state index in [9.17, 15) is 0 Å². The lowest BCUT2D eigenvalue weighted by Gasteiger charge is -2.38. The summed E-state index contributed by atoms with van der Waals surface area (Å²) < 4.78 is 5.18. The molecule has 1 aliphatic carbocycles. The van der Waals surface area contributed by atoms with Gasteiger partial charge in [0.1, 0.15) is 0 Å². The van der Waals surface area contributed by atoms with Crippen LogP contribution in [0, 0.1) is 0 Å². The fourth-order valence-electron chi connectivity index (χ4n) is 2.45. The van der Waals surface area contributed by atoms with Crippen LogP contribution in [0.25, 0.3) is 0 Å². The minimum Gasteiger partial charge on any atom is -0.378 e. The first kappa shape index (κ1) is 10.4. The highest BCUT2D eigenvalue weighted by atomic mass is 16.5. The van der Waals surface area contributed by atoms with Gasteiger partial charge in [-0.1, -0.05) is 6.42 Å². The van der Waals surface area contributed by atoms with Crippen molar-refractivity contribution in [2.45, 2.75) is 43.8 Å². The molecule has 0 aromatic rings. The number of rotatable bonds is 3. The van der Waals surface area contributed by atoms with Crippen LogP contribution in [0.3, 0.4) is 0 Å². The Morgan fingerprint density at radius 2 is 1.93 bits per heavy atom. The number of ether oxygens (including phenoxy) is 1. The van der Waals surface area contributed by atoms with Crippen molar-refractivity contribution >= 4 is 0 Å². The van der Waals surface area contributed by atoms with Gasteiger partial charge in [-0.3, -0.25) is 0 Å². The number of hydrogen-bond donors (Lipinski definition) is 1. The summed E-state index contributed by atoms with van der Waals surface area (Å²) in [6, 6.07) is 2.15. The Bertz CT molecular complexity index is 180. The summed E-state index contributed by atoms with van der Waals surface area (Å²) in [4.78, 5) is 2.37. The molecule has 2 fully saturated rings. The van der Waals surface area contributed by atoms with Crippen molar-refractivity contribution in [1.82, 2.24) is 10.2 Å². The third-order valence-electron chi connectivity index (χ3n) is 3.49. The van der Waals surface area contributed by atoms with Gasteiger partial charge in [0, 0.05) is 12.1 Å². The standard InChI is InChI=1S/C11H22N2O/c1-13(2)11-5-3-4-9(6-11)12-10-7-14-8-10/h9-12H,3-8H2,1-2H3. The SMILES string of the molecule is CN(C)C1CCCC(NC2COC2)C1. The molecule has 3 nitrogen and oxygen atoms in total. The van der Waals surface area contributed by atoms with Crippen molar-refractivity contribution < 1.29 is 4.74 Å². The molecule has 1 saturated heterocycles. The molecule has 1 saturated carbocycles. The van der Waals surface area contributed by atoms with E-state index in [1.54, 1.807) is 0 Å². The van der Waals surface area contributed by atoms with Crippen LogP contribution in [0.15, 0.2) is 0 Å². The highest BCUT2D eigenvalue weighted by Crippen LogP contribution is 2.22. The van der Waals surface area contributed by atoms with Gasteiger partial charge in [-0.25, -0.2) is 0 Å². The summed E-state index contributed by atoms with van der Waals surface area (Å²) in [5.74, 6) is 0. The normalized spacial score (nSPS) is 34.5. The fourth-order valence-corrected chi connectivity index (χ4v) is 2.45. The second kappa shape index (κ2) is 4.60. The van der Waals surface area contributed by atoms with E-state index in [0.29, 0.717) is 6.04 Å². The molecule has 1 aliphatic heterocycles. The number of nitrogens with zero attached hydrogens (tertiary/aromatic N) is 1. The lowest BCUT2D eigenvalue weighted by Crippen LogP contribution is -2.52.